The van der Waals surface area contributed by atoms with E-state index in [0.29, 0.717) is 52.0 Å². The van der Waals surface area contributed by atoms with Crippen LogP contribution >= 0.6 is 0 Å². The maximum absolute atomic E-state index is 13.4. The van der Waals surface area contributed by atoms with Gasteiger partial charge in [-0.3, -0.25) is 9.89 Å². The quantitative estimate of drug-likeness (QED) is 0.148. The number of ether oxygens (including phenoxy) is 2. The first-order valence-electron chi connectivity index (χ1n) is 12.9. The van der Waals surface area contributed by atoms with Crippen LogP contribution in [0.25, 0.3) is 10.9 Å². The fourth-order valence-corrected chi connectivity index (χ4v) is 3.88. The van der Waals surface area contributed by atoms with E-state index in [2.05, 4.69) is 36.1 Å². The first kappa shape index (κ1) is 28.7. The zero-order valence-electron chi connectivity index (χ0n) is 22.8. The van der Waals surface area contributed by atoms with E-state index in [0.717, 1.165) is 19.5 Å². The predicted molar refractivity (Wildman–Crippen MR) is 151 cm³/mol. The Kier molecular flexibility index (Phi) is 9.46. The van der Waals surface area contributed by atoms with Crippen LogP contribution in [0.2, 0.25) is 0 Å². The molecule has 2 aromatic carbocycles. The van der Waals surface area contributed by atoms with E-state index < -0.39 is 5.82 Å². The van der Waals surface area contributed by atoms with Crippen molar-refractivity contribution in [2.45, 2.75) is 26.7 Å². The van der Waals surface area contributed by atoms with Crippen molar-refractivity contribution in [1.82, 2.24) is 25.5 Å². The number of anilines is 3. The van der Waals surface area contributed by atoms with Crippen molar-refractivity contribution in [1.29, 1.82) is 0 Å². The average Bonchev–Trinajstić information content (AvgIpc) is 3.36. The summed E-state index contributed by atoms with van der Waals surface area (Å²) in [6.07, 6.45) is 2.24. The fourth-order valence-electron chi connectivity index (χ4n) is 3.88. The molecule has 212 valence electrons. The summed E-state index contributed by atoms with van der Waals surface area (Å²) in [6, 6.07) is 11.0. The Labute approximate surface area is 231 Å². The number of nitrogens with zero attached hydrogens (tertiary/aromatic N) is 3. The van der Waals surface area contributed by atoms with Crippen molar-refractivity contribution < 1.29 is 23.8 Å². The van der Waals surface area contributed by atoms with Gasteiger partial charge in [-0.15, -0.1) is 0 Å². The maximum Gasteiger partial charge on any atom is 0.230 e. The molecule has 0 atom stereocenters. The lowest BCUT2D eigenvalue weighted by Crippen LogP contribution is -2.33. The van der Waals surface area contributed by atoms with Gasteiger partial charge >= 0.3 is 0 Å². The number of aliphatic hydroxyl groups is 1. The van der Waals surface area contributed by atoms with Crippen LogP contribution in [0.4, 0.5) is 21.7 Å². The van der Waals surface area contributed by atoms with E-state index >= 15 is 0 Å². The average molecular weight is 552 g/mol. The summed E-state index contributed by atoms with van der Waals surface area (Å²) in [7, 11) is 1.57. The van der Waals surface area contributed by atoms with Gasteiger partial charge < -0.3 is 30.5 Å². The van der Waals surface area contributed by atoms with Gasteiger partial charge in [0.2, 0.25) is 5.91 Å². The van der Waals surface area contributed by atoms with E-state index in [1.807, 2.05) is 13.8 Å². The minimum Gasteiger partial charge on any atom is -0.493 e. The van der Waals surface area contributed by atoms with Crippen molar-refractivity contribution in [2.24, 2.45) is 5.41 Å². The van der Waals surface area contributed by atoms with Gasteiger partial charge in [0.1, 0.15) is 18.0 Å². The maximum atomic E-state index is 13.4. The van der Waals surface area contributed by atoms with Crippen LogP contribution < -0.4 is 25.4 Å². The minimum absolute atomic E-state index is 0.0267. The number of benzene rings is 2. The highest BCUT2D eigenvalue weighted by molar-refractivity contribution is 5.93. The third kappa shape index (κ3) is 7.87. The molecule has 0 aliphatic heterocycles. The lowest BCUT2D eigenvalue weighted by molar-refractivity contribution is -0.115. The van der Waals surface area contributed by atoms with Crippen molar-refractivity contribution in [2.75, 3.05) is 44.0 Å². The van der Waals surface area contributed by atoms with Gasteiger partial charge in [0.15, 0.2) is 17.3 Å². The second-order valence-corrected chi connectivity index (χ2v) is 10.1. The SMILES string of the molecule is COc1cc2c(Nc3cc(CC(=O)Nc4cccc(F)c4)[nH]n3)ncnc2cc1OCCCNCC(C)(C)CO. The molecule has 11 nitrogen and oxygen atoms in total. The highest BCUT2D eigenvalue weighted by atomic mass is 19.1. The molecule has 0 aliphatic rings. The molecule has 4 rings (SSSR count). The second-order valence-electron chi connectivity index (χ2n) is 10.1. The van der Waals surface area contributed by atoms with Crippen LogP contribution in [0.1, 0.15) is 26.0 Å². The van der Waals surface area contributed by atoms with Crippen LogP contribution in [0.5, 0.6) is 11.5 Å². The number of hydrogen-bond acceptors (Lipinski definition) is 9. The molecule has 5 N–H and O–H groups in total. The number of aromatic amines is 1. The summed E-state index contributed by atoms with van der Waals surface area (Å²) in [6.45, 7) is 6.08. The van der Waals surface area contributed by atoms with Gasteiger partial charge in [-0.05, 0) is 37.2 Å². The second kappa shape index (κ2) is 13.2. The highest BCUT2D eigenvalue weighted by Crippen LogP contribution is 2.34. The summed E-state index contributed by atoms with van der Waals surface area (Å²) in [5, 5.41) is 26.3. The molecule has 0 aliphatic carbocycles. The lowest BCUT2D eigenvalue weighted by Gasteiger charge is -2.21. The molecule has 0 saturated heterocycles. The number of H-pyrrole nitrogens is 1. The molecule has 0 radical (unpaired) electrons. The van der Waals surface area contributed by atoms with Crippen LogP contribution in [0.3, 0.4) is 0 Å². The van der Waals surface area contributed by atoms with Gasteiger partial charge in [-0.1, -0.05) is 19.9 Å². The van der Waals surface area contributed by atoms with Crippen molar-refractivity contribution >= 4 is 34.1 Å². The van der Waals surface area contributed by atoms with Crippen LogP contribution in [0.15, 0.2) is 48.8 Å². The molecule has 12 heteroatoms. The van der Waals surface area contributed by atoms with Gasteiger partial charge in [0.05, 0.1) is 25.7 Å². The number of nitrogens with one attached hydrogen (secondary N) is 4. The van der Waals surface area contributed by atoms with Gasteiger partial charge in [0.25, 0.3) is 0 Å². The number of aliphatic hydroxyl groups excluding tert-OH is 1. The molecule has 4 aromatic rings. The number of carbonyl (C=O) groups is 1. The van der Waals surface area contributed by atoms with Crippen molar-refractivity contribution in [3.05, 3.63) is 60.3 Å². The van der Waals surface area contributed by atoms with Gasteiger partial charge in [0, 0.05) is 47.5 Å². The third-order valence-electron chi connectivity index (χ3n) is 6.04. The molecule has 0 unspecified atom stereocenters. The van der Waals surface area contributed by atoms with Crippen LogP contribution in [0, 0.1) is 11.2 Å². The molecule has 0 spiro atoms. The molecule has 1 amide bonds. The summed E-state index contributed by atoms with van der Waals surface area (Å²) >= 11 is 0. The molecule has 0 bridgehead atoms. The molecular formula is C28H34FN7O4. The van der Waals surface area contributed by atoms with Gasteiger partial charge in [-0.25, -0.2) is 14.4 Å². The topological polar surface area (TPSA) is 146 Å². The molecule has 0 fully saturated rings. The first-order valence-corrected chi connectivity index (χ1v) is 12.9. The van der Waals surface area contributed by atoms with Crippen LogP contribution in [-0.4, -0.2) is 64.6 Å². The largest absolute Gasteiger partial charge is 0.493 e. The number of hydrogen-bond donors (Lipinski definition) is 5. The summed E-state index contributed by atoms with van der Waals surface area (Å²) in [4.78, 5) is 21.1. The van der Waals surface area contributed by atoms with Crippen molar-refractivity contribution in [3.8, 4) is 11.5 Å². The Morgan fingerprint density at radius 1 is 1.15 bits per heavy atom. The Balaban J connectivity index is 1.37. The first-order chi connectivity index (χ1) is 19.3. The molecule has 0 saturated carbocycles. The van der Waals surface area contributed by atoms with E-state index in [1.165, 1.54) is 24.5 Å². The zero-order valence-corrected chi connectivity index (χ0v) is 22.8. The van der Waals surface area contributed by atoms with Crippen LogP contribution in [-0.2, 0) is 11.2 Å². The lowest BCUT2D eigenvalue weighted by atomic mass is 9.95. The number of aromatic nitrogens is 4. The standard InChI is InChI=1S/C28H34FN7O4/c1-28(2,16-37)15-30-8-5-9-40-24-14-22-21(13-23(24)39-3)27(32-17-31-22)34-25-11-20(35-36-25)12-26(38)33-19-7-4-6-18(29)10-19/h4,6-7,10-11,13-14,17,30,37H,5,8-9,12,15-16H2,1-3H3,(H,33,38)(H2,31,32,34,35,36). The summed E-state index contributed by atoms with van der Waals surface area (Å²) in [5.41, 5.74) is 1.44. The summed E-state index contributed by atoms with van der Waals surface area (Å²) < 4.78 is 24.9. The van der Waals surface area contributed by atoms with Gasteiger partial charge in [-0.2, -0.15) is 5.10 Å². The van der Waals surface area contributed by atoms with E-state index in [9.17, 15) is 14.3 Å². The Morgan fingerprint density at radius 3 is 2.77 bits per heavy atom. The monoisotopic (exact) mass is 551 g/mol. The fraction of sp³-hybridized carbons (Fsp3) is 0.357. The Bertz CT molecular complexity index is 1440. The number of rotatable bonds is 14. The summed E-state index contributed by atoms with van der Waals surface area (Å²) in [5.74, 6) is 1.34. The molecule has 2 aromatic heterocycles. The molecule has 2 heterocycles. The highest BCUT2D eigenvalue weighted by Gasteiger charge is 2.16. The van der Waals surface area contributed by atoms with E-state index in [4.69, 9.17) is 9.47 Å². The normalized spacial score (nSPS) is 11.4. The number of fused-ring (bicyclic) bond motifs is 1. The number of methoxy groups -OCH3 is 1. The number of halogens is 1. The van der Waals surface area contributed by atoms with E-state index in [1.54, 1.807) is 31.4 Å². The minimum atomic E-state index is -0.426. The third-order valence-corrected chi connectivity index (χ3v) is 6.04. The van der Waals surface area contributed by atoms with Crippen molar-refractivity contribution in [3.63, 3.8) is 0 Å². The Hall–Kier alpha value is -4.29. The zero-order chi connectivity index (χ0) is 28.5. The van der Waals surface area contributed by atoms with E-state index in [-0.39, 0.29) is 24.3 Å². The number of amides is 1. The predicted octanol–water partition coefficient (Wildman–Crippen LogP) is 3.80. The smallest absolute Gasteiger partial charge is 0.230 e. The Morgan fingerprint density at radius 2 is 2.00 bits per heavy atom. The molecule has 40 heavy (non-hydrogen) atoms. The number of carbonyl (C=O) groups excluding carboxylic acids is 1. The molecular weight excluding hydrogens is 517 g/mol.